The van der Waals surface area contributed by atoms with Crippen LogP contribution in [0.2, 0.25) is 0 Å². The molecule has 0 aliphatic heterocycles. The number of benzene rings is 1. The lowest BCUT2D eigenvalue weighted by Gasteiger charge is -2.08. The lowest BCUT2D eigenvalue weighted by Crippen LogP contribution is -1.97. The molecule has 2 aromatic rings. The Morgan fingerprint density at radius 2 is 2.24 bits per heavy atom. The number of methoxy groups -OCH3 is 1. The zero-order chi connectivity index (χ0) is 12.3. The van der Waals surface area contributed by atoms with Crippen LogP contribution in [-0.4, -0.2) is 23.8 Å². The number of aliphatic hydroxyl groups excluding tert-OH is 1. The zero-order valence-electron chi connectivity index (χ0n) is 9.61. The molecule has 2 rings (SSSR count). The van der Waals surface area contributed by atoms with E-state index < -0.39 is 0 Å². The topological polar surface area (TPSA) is 42.4 Å². The maximum atomic E-state index is 13.7. The van der Waals surface area contributed by atoms with Crippen LogP contribution in [-0.2, 0) is 6.42 Å². The highest BCUT2D eigenvalue weighted by molar-refractivity contribution is 5.83. The molecule has 0 fully saturated rings. The zero-order valence-corrected chi connectivity index (χ0v) is 9.61. The molecule has 1 aromatic carbocycles. The summed E-state index contributed by atoms with van der Waals surface area (Å²) in [5, 5.41) is 9.58. The largest absolute Gasteiger partial charge is 0.497 e. The first kappa shape index (κ1) is 11.8. The van der Waals surface area contributed by atoms with Crippen LogP contribution in [0.15, 0.2) is 24.4 Å². The van der Waals surface area contributed by atoms with Gasteiger partial charge in [-0.2, -0.15) is 0 Å². The maximum Gasteiger partial charge on any atom is 0.145 e. The molecule has 0 atom stereocenters. The molecule has 3 nitrogen and oxygen atoms in total. The monoisotopic (exact) mass is 235 g/mol. The van der Waals surface area contributed by atoms with Crippen molar-refractivity contribution in [3.05, 3.63) is 35.8 Å². The van der Waals surface area contributed by atoms with Crippen LogP contribution in [0.4, 0.5) is 4.39 Å². The molecule has 0 bridgehead atoms. The fraction of sp³-hybridized carbons (Fsp3) is 0.308. The number of nitrogens with zero attached hydrogens (tertiary/aromatic N) is 1. The molecular formula is C13H14FNO2. The standard InChI is InChI=1S/C13H14FNO2/c1-17-9-4-5-13-11(7-9)10(3-2-6-16)12(14)8-15-13/h4-5,7-8,16H,2-3,6H2,1H3. The first-order valence-electron chi connectivity index (χ1n) is 5.48. The fourth-order valence-corrected chi connectivity index (χ4v) is 1.84. The van der Waals surface area contributed by atoms with E-state index in [2.05, 4.69) is 4.98 Å². The second kappa shape index (κ2) is 5.10. The minimum atomic E-state index is -0.334. The van der Waals surface area contributed by atoms with Crippen molar-refractivity contribution >= 4 is 10.9 Å². The number of pyridine rings is 1. The van der Waals surface area contributed by atoms with Crippen LogP contribution in [0.1, 0.15) is 12.0 Å². The SMILES string of the molecule is COc1ccc2ncc(F)c(CCCO)c2c1. The Morgan fingerprint density at radius 3 is 2.94 bits per heavy atom. The summed E-state index contributed by atoms with van der Waals surface area (Å²) in [6.07, 6.45) is 2.25. The molecule has 0 radical (unpaired) electrons. The molecule has 0 saturated carbocycles. The van der Waals surface area contributed by atoms with Crippen molar-refractivity contribution in [3.63, 3.8) is 0 Å². The van der Waals surface area contributed by atoms with Crippen LogP contribution in [0, 0.1) is 5.82 Å². The highest BCUT2D eigenvalue weighted by Gasteiger charge is 2.09. The van der Waals surface area contributed by atoms with Crippen molar-refractivity contribution in [1.82, 2.24) is 4.98 Å². The van der Waals surface area contributed by atoms with E-state index in [9.17, 15) is 4.39 Å². The molecule has 1 heterocycles. The summed E-state index contributed by atoms with van der Waals surface area (Å²) in [6.45, 7) is 0.0488. The van der Waals surface area contributed by atoms with E-state index in [1.165, 1.54) is 6.20 Å². The Labute approximate surface area is 98.9 Å². The molecule has 0 spiro atoms. The number of aryl methyl sites for hydroxylation is 1. The van der Waals surface area contributed by atoms with Gasteiger partial charge in [0.25, 0.3) is 0 Å². The minimum absolute atomic E-state index is 0.0488. The summed E-state index contributed by atoms with van der Waals surface area (Å²) < 4.78 is 18.8. The molecule has 1 N–H and O–H groups in total. The van der Waals surface area contributed by atoms with E-state index in [-0.39, 0.29) is 12.4 Å². The molecule has 0 unspecified atom stereocenters. The average molecular weight is 235 g/mol. The summed E-state index contributed by atoms with van der Waals surface area (Å²) in [4.78, 5) is 4.03. The summed E-state index contributed by atoms with van der Waals surface area (Å²) in [5.41, 5.74) is 1.32. The Morgan fingerprint density at radius 1 is 1.41 bits per heavy atom. The van der Waals surface area contributed by atoms with Gasteiger partial charge in [0.15, 0.2) is 0 Å². The second-order valence-corrected chi connectivity index (χ2v) is 3.79. The van der Waals surface area contributed by atoms with Gasteiger partial charge in [-0.15, -0.1) is 0 Å². The van der Waals surface area contributed by atoms with Crippen molar-refractivity contribution < 1.29 is 14.2 Å². The highest BCUT2D eigenvalue weighted by atomic mass is 19.1. The van der Waals surface area contributed by atoms with E-state index in [0.717, 1.165) is 10.9 Å². The summed E-state index contributed by atoms with van der Waals surface area (Å²) in [6, 6.07) is 5.37. The van der Waals surface area contributed by atoms with Gasteiger partial charge in [0.05, 0.1) is 18.8 Å². The van der Waals surface area contributed by atoms with Crippen LogP contribution in [0.3, 0.4) is 0 Å². The number of hydrogen-bond donors (Lipinski definition) is 1. The normalized spacial score (nSPS) is 10.8. The predicted octanol–water partition coefficient (Wildman–Crippen LogP) is 2.31. The number of aromatic nitrogens is 1. The number of rotatable bonds is 4. The maximum absolute atomic E-state index is 13.7. The Bertz CT molecular complexity index is 528. The van der Waals surface area contributed by atoms with Crippen LogP contribution in [0.25, 0.3) is 10.9 Å². The van der Waals surface area contributed by atoms with Gasteiger partial charge in [0.2, 0.25) is 0 Å². The molecule has 17 heavy (non-hydrogen) atoms. The van der Waals surface area contributed by atoms with Crippen molar-refractivity contribution in [2.45, 2.75) is 12.8 Å². The molecule has 1 aromatic heterocycles. The predicted molar refractivity (Wildman–Crippen MR) is 63.7 cm³/mol. The third-order valence-electron chi connectivity index (χ3n) is 2.72. The van der Waals surface area contributed by atoms with E-state index in [1.54, 1.807) is 25.3 Å². The lowest BCUT2D eigenvalue weighted by atomic mass is 10.0. The van der Waals surface area contributed by atoms with Crippen molar-refractivity contribution in [3.8, 4) is 5.75 Å². The quantitative estimate of drug-likeness (QED) is 0.884. The Hall–Kier alpha value is -1.68. The van der Waals surface area contributed by atoms with E-state index >= 15 is 0 Å². The minimum Gasteiger partial charge on any atom is -0.497 e. The lowest BCUT2D eigenvalue weighted by molar-refractivity contribution is 0.288. The van der Waals surface area contributed by atoms with Gasteiger partial charge in [-0.1, -0.05) is 0 Å². The molecule has 4 heteroatoms. The average Bonchev–Trinajstić information content (AvgIpc) is 2.37. The fourth-order valence-electron chi connectivity index (χ4n) is 1.84. The van der Waals surface area contributed by atoms with Crippen LogP contribution < -0.4 is 4.74 Å². The molecule has 0 amide bonds. The molecule has 0 aliphatic rings. The van der Waals surface area contributed by atoms with Crippen LogP contribution >= 0.6 is 0 Å². The Kier molecular flexibility index (Phi) is 3.54. The third kappa shape index (κ3) is 2.36. The van der Waals surface area contributed by atoms with Crippen molar-refractivity contribution in [2.75, 3.05) is 13.7 Å². The first-order chi connectivity index (χ1) is 8.26. The van der Waals surface area contributed by atoms with E-state index in [0.29, 0.717) is 24.2 Å². The van der Waals surface area contributed by atoms with Gasteiger partial charge in [0.1, 0.15) is 11.6 Å². The molecule has 0 saturated heterocycles. The molecule has 0 aliphatic carbocycles. The number of fused-ring (bicyclic) bond motifs is 1. The van der Waals surface area contributed by atoms with E-state index in [1.807, 2.05) is 0 Å². The number of halogens is 1. The third-order valence-corrected chi connectivity index (χ3v) is 2.72. The summed E-state index contributed by atoms with van der Waals surface area (Å²) in [7, 11) is 1.57. The smallest absolute Gasteiger partial charge is 0.145 e. The molecule has 90 valence electrons. The van der Waals surface area contributed by atoms with Gasteiger partial charge >= 0.3 is 0 Å². The van der Waals surface area contributed by atoms with Gasteiger partial charge < -0.3 is 9.84 Å². The van der Waals surface area contributed by atoms with E-state index in [4.69, 9.17) is 9.84 Å². The number of hydrogen-bond acceptors (Lipinski definition) is 3. The van der Waals surface area contributed by atoms with Gasteiger partial charge in [-0.3, -0.25) is 4.98 Å². The summed E-state index contributed by atoms with van der Waals surface area (Å²) >= 11 is 0. The molecular weight excluding hydrogens is 221 g/mol. The summed E-state index contributed by atoms with van der Waals surface area (Å²) in [5.74, 6) is 0.342. The van der Waals surface area contributed by atoms with Gasteiger partial charge in [-0.25, -0.2) is 4.39 Å². The van der Waals surface area contributed by atoms with Crippen molar-refractivity contribution in [2.24, 2.45) is 0 Å². The van der Waals surface area contributed by atoms with Gasteiger partial charge in [0, 0.05) is 12.0 Å². The number of ether oxygens (including phenoxy) is 1. The highest BCUT2D eigenvalue weighted by Crippen LogP contribution is 2.25. The number of aliphatic hydroxyl groups is 1. The van der Waals surface area contributed by atoms with Crippen LogP contribution in [0.5, 0.6) is 5.75 Å². The second-order valence-electron chi connectivity index (χ2n) is 3.79. The van der Waals surface area contributed by atoms with Gasteiger partial charge in [-0.05, 0) is 36.6 Å². The van der Waals surface area contributed by atoms with Crippen molar-refractivity contribution in [1.29, 1.82) is 0 Å². The first-order valence-corrected chi connectivity index (χ1v) is 5.48. The Balaban J connectivity index is 2.56.